The van der Waals surface area contributed by atoms with Crippen molar-refractivity contribution in [1.29, 1.82) is 0 Å². The molecule has 0 bridgehead atoms. The highest BCUT2D eigenvalue weighted by Gasteiger charge is 2.40. The Kier molecular flexibility index (Phi) is 28.0. The minimum atomic E-state index is -1.93. The fraction of sp³-hybridized carbons (Fsp3) is 0.510. The van der Waals surface area contributed by atoms with Crippen molar-refractivity contribution in [2.75, 3.05) is 26.2 Å². The first-order valence-corrected chi connectivity index (χ1v) is 26.2. The molecule has 444 valence electrons. The van der Waals surface area contributed by atoms with Crippen LogP contribution in [0.15, 0.2) is 59.6 Å². The van der Waals surface area contributed by atoms with E-state index in [1.54, 1.807) is 30.3 Å². The molecule has 30 heteroatoms. The number of amides is 11. The van der Waals surface area contributed by atoms with Gasteiger partial charge in [0.05, 0.1) is 19.0 Å². The summed E-state index contributed by atoms with van der Waals surface area (Å²) in [6.45, 7) is -0.210. The van der Waals surface area contributed by atoms with E-state index >= 15 is 0 Å². The number of carboxylic acid groups (broad SMARTS) is 1. The van der Waals surface area contributed by atoms with Gasteiger partial charge in [-0.3, -0.25) is 62.5 Å². The van der Waals surface area contributed by atoms with E-state index in [2.05, 4.69) is 42.2 Å². The molecule has 1 saturated heterocycles. The lowest BCUT2D eigenvalue weighted by Crippen LogP contribution is -2.61. The zero-order valence-electron chi connectivity index (χ0n) is 44.8. The van der Waals surface area contributed by atoms with Crippen LogP contribution in [0.1, 0.15) is 88.2 Å². The van der Waals surface area contributed by atoms with Crippen LogP contribution in [0.3, 0.4) is 0 Å². The molecule has 0 saturated carbocycles. The number of carbonyl (C=O) groups excluding carboxylic acids is 11. The summed E-state index contributed by atoms with van der Waals surface area (Å²) in [4.78, 5) is 164. The van der Waals surface area contributed by atoms with Crippen LogP contribution in [0.5, 0.6) is 5.75 Å². The lowest BCUT2D eigenvalue weighted by atomic mass is 10.0. The molecule has 0 aliphatic carbocycles. The molecule has 2 aromatic rings. The number of unbranched alkanes of at least 4 members (excludes halogenated alkanes) is 1. The second-order valence-corrected chi connectivity index (χ2v) is 19.2. The minimum absolute atomic E-state index is 0.0347. The topological polar surface area (TPSA) is 527 Å². The number of nitrogens with two attached hydrogens (primary N) is 7. The summed E-state index contributed by atoms with van der Waals surface area (Å²) in [5, 5.41) is 36.8. The number of benzene rings is 2. The largest absolute Gasteiger partial charge is 0.508 e. The van der Waals surface area contributed by atoms with Crippen molar-refractivity contribution >= 4 is 76.9 Å². The first-order chi connectivity index (χ1) is 38.4. The predicted octanol–water partition coefficient (Wildman–Crippen LogP) is -5.81. The van der Waals surface area contributed by atoms with E-state index < -0.39 is 158 Å². The van der Waals surface area contributed by atoms with Gasteiger partial charge in [0.15, 0.2) is 5.96 Å². The van der Waals surface area contributed by atoms with Crippen molar-refractivity contribution in [3.05, 3.63) is 65.7 Å². The van der Waals surface area contributed by atoms with Crippen LogP contribution < -0.4 is 77.4 Å². The second kappa shape index (κ2) is 34.2. The van der Waals surface area contributed by atoms with Crippen molar-refractivity contribution in [3.8, 4) is 5.75 Å². The highest BCUT2D eigenvalue weighted by Crippen LogP contribution is 2.21. The Balaban J connectivity index is 1.93. The summed E-state index contributed by atoms with van der Waals surface area (Å²) in [7, 11) is 0. The van der Waals surface area contributed by atoms with Gasteiger partial charge in [0.2, 0.25) is 65.0 Å². The molecular formula is C51H76N16O14. The molecule has 0 unspecified atom stereocenters. The van der Waals surface area contributed by atoms with E-state index in [-0.39, 0.29) is 69.7 Å². The molecule has 0 spiro atoms. The van der Waals surface area contributed by atoms with Gasteiger partial charge in [-0.25, -0.2) is 0 Å². The summed E-state index contributed by atoms with van der Waals surface area (Å²) in [5.41, 5.74) is 39.7. The Morgan fingerprint density at radius 2 is 1.12 bits per heavy atom. The maximum atomic E-state index is 14.4. The molecule has 2 aromatic carbocycles. The predicted molar refractivity (Wildman–Crippen MR) is 290 cm³/mol. The third kappa shape index (κ3) is 24.3. The van der Waals surface area contributed by atoms with Crippen molar-refractivity contribution < 1.29 is 67.7 Å². The quantitative estimate of drug-likeness (QED) is 0.0172. The van der Waals surface area contributed by atoms with E-state index in [0.717, 1.165) is 4.90 Å². The van der Waals surface area contributed by atoms with Crippen LogP contribution in [0, 0.1) is 0 Å². The average Bonchev–Trinajstić information content (AvgIpc) is 3.94. The monoisotopic (exact) mass is 1140 g/mol. The van der Waals surface area contributed by atoms with Crippen LogP contribution in [0.2, 0.25) is 0 Å². The van der Waals surface area contributed by atoms with E-state index in [4.69, 9.17) is 40.1 Å². The summed E-state index contributed by atoms with van der Waals surface area (Å²) in [6.07, 6.45) is -1.79. The van der Waals surface area contributed by atoms with Gasteiger partial charge in [-0.05, 0) is 81.2 Å². The number of hydrogen-bond donors (Lipinski definition) is 16. The highest BCUT2D eigenvalue weighted by atomic mass is 16.4. The number of hydrogen-bond acceptors (Lipinski definition) is 16. The number of likely N-dealkylation sites (tertiary alicyclic amines) is 1. The van der Waals surface area contributed by atoms with Gasteiger partial charge in [0, 0.05) is 38.8 Å². The molecule has 81 heavy (non-hydrogen) atoms. The molecule has 11 amide bonds. The van der Waals surface area contributed by atoms with Crippen molar-refractivity contribution in [1.82, 2.24) is 42.1 Å². The second-order valence-electron chi connectivity index (χ2n) is 19.2. The van der Waals surface area contributed by atoms with Crippen molar-refractivity contribution in [3.63, 3.8) is 0 Å². The maximum Gasteiger partial charge on any atom is 0.303 e. The Labute approximate surface area is 466 Å². The summed E-state index contributed by atoms with van der Waals surface area (Å²) in [5.74, 6) is -12.2. The zero-order chi connectivity index (χ0) is 60.2. The number of carboxylic acids is 1. The van der Waals surface area contributed by atoms with Crippen molar-refractivity contribution in [2.24, 2.45) is 45.1 Å². The number of nitrogens with zero attached hydrogens (tertiary/aromatic N) is 2. The number of phenols is 1. The number of aromatic hydroxyl groups is 1. The van der Waals surface area contributed by atoms with Crippen molar-refractivity contribution in [2.45, 2.75) is 138 Å². The SMILES string of the molecule is NCCCC[C@H](N)C(=O)N[C@@H](Cc1ccc(O)cc1)C(=O)N[C@@H](Cc1ccccc1)C(=O)N[C@@H](CCC(N)=O)C(=O)N[C@@H](CC(N)=O)C(=O)N[C@@H](CCC(=O)O)C(=O)N1CCC[C@H]1C(=O)N[C@@H](CCCN=C(N)N)C(=O)NCC(N)=O. The molecule has 30 nitrogen and oxygen atoms in total. The summed E-state index contributed by atoms with van der Waals surface area (Å²) in [6, 6.07) is 2.28. The average molecular weight is 1140 g/mol. The van der Waals surface area contributed by atoms with E-state index in [0.29, 0.717) is 30.5 Å². The zero-order valence-corrected chi connectivity index (χ0v) is 44.8. The van der Waals surface area contributed by atoms with Crippen LogP contribution >= 0.6 is 0 Å². The molecule has 1 aliphatic rings. The number of phenolic OH excluding ortho intramolecular Hbond substituents is 1. The smallest absolute Gasteiger partial charge is 0.303 e. The molecule has 0 radical (unpaired) electrons. The third-order valence-electron chi connectivity index (χ3n) is 12.7. The normalized spacial score (nSPS) is 15.3. The van der Waals surface area contributed by atoms with Crippen LogP contribution in [-0.4, -0.2) is 167 Å². The summed E-state index contributed by atoms with van der Waals surface area (Å²) >= 11 is 0. The van der Waals surface area contributed by atoms with Crippen LogP contribution in [0.25, 0.3) is 0 Å². The fourth-order valence-electron chi connectivity index (χ4n) is 8.48. The molecular weight excluding hydrogens is 1060 g/mol. The Bertz CT molecular complexity index is 2550. The summed E-state index contributed by atoms with van der Waals surface area (Å²) < 4.78 is 0. The molecule has 8 atom stereocenters. The fourth-order valence-corrected chi connectivity index (χ4v) is 8.48. The van der Waals surface area contributed by atoms with Gasteiger partial charge in [0.25, 0.3) is 0 Å². The maximum absolute atomic E-state index is 14.4. The number of rotatable bonds is 36. The Morgan fingerprint density at radius 3 is 1.70 bits per heavy atom. The molecule has 3 rings (SSSR count). The van der Waals surface area contributed by atoms with Gasteiger partial charge >= 0.3 is 5.97 Å². The van der Waals surface area contributed by atoms with E-state index in [1.165, 1.54) is 24.3 Å². The van der Waals surface area contributed by atoms with Gasteiger partial charge in [0.1, 0.15) is 48.0 Å². The number of guanidine groups is 1. The molecule has 1 aliphatic heterocycles. The van der Waals surface area contributed by atoms with E-state index in [1.807, 2.05) is 0 Å². The number of carbonyl (C=O) groups is 12. The standard InChI is InChI=1S/C51H76N16O14/c52-21-5-4-10-31(53)43(74)64-35(25-29-13-15-30(68)16-14-29)47(78)65-36(24-28-8-2-1-3-9-28)46(77)61-33(17-19-39(54)69)45(76)66-37(26-40(55)70)48(79)63-34(18-20-42(72)73)50(81)67-23-7-12-38(67)49(80)62-32(11-6-22-59-51(57)58)44(75)60-27-41(56)71/h1-3,8-9,13-16,31-38,68H,4-7,10-12,17-27,52-53H2,(H2,54,69)(H2,55,70)(H2,56,71)(H,60,75)(H,61,77)(H,62,80)(H,63,79)(H,64,74)(H,65,78)(H,66,76)(H,72,73)(H4,57,58,59)/t31-,32-,33-,34-,35-,36-,37-,38-/m0/s1. The van der Waals surface area contributed by atoms with Gasteiger partial charge < -0.3 is 92.5 Å². The highest BCUT2D eigenvalue weighted by molar-refractivity contribution is 5.99. The van der Waals surface area contributed by atoms with Gasteiger partial charge in [-0.2, -0.15) is 0 Å². The van der Waals surface area contributed by atoms with Crippen LogP contribution in [-0.2, 0) is 70.4 Å². The van der Waals surface area contributed by atoms with Gasteiger partial charge in [-0.15, -0.1) is 0 Å². The number of nitrogens with one attached hydrogen (secondary N) is 7. The number of aliphatic imine (C=N–C) groups is 1. The third-order valence-corrected chi connectivity index (χ3v) is 12.7. The van der Waals surface area contributed by atoms with Crippen LogP contribution in [0.4, 0.5) is 0 Å². The molecule has 23 N–H and O–H groups in total. The molecule has 1 heterocycles. The molecule has 0 aromatic heterocycles. The minimum Gasteiger partial charge on any atom is -0.508 e. The number of aliphatic carboxylic acids is 1. The first-order valence-electron chi connectivity index (χ1n) is 26.2. The number of primary amides is 3. The lowest BCUT2D eigenvalue weighted by Gasteiger charge is -2.30. The molecule has 1 fully saturated rings. The lowest BCUT2D eigenvalue weighted by molar-refractivity contribution is -0.143. The van der Waals surface area contributed by atoms with Gasteiger partial charge in [-0.1, -0.05) is 48.9 Å². The first kappa shape index (κ1) is 66.4. The Morgan fingerprint density at radius 1 is 0.580 bits per heavy atom. The van der Waals surface area contributed by atoms with E-state index in [9.17, 15) is 67.7 Å². The Hall–Kier alpha value is -8.93.